The van der Waals surface area contributed by atoms with Crippen molar-refractivity contribution in [3.8, 4) is 0 Å². The number of hydrogen-bond acceptors (Lipinski definition) is 2. The molecule has 4 heteroatoms. The number of rotatable bonds is 3. The van der Waals surface area contributed by atoms with Gasteiger partial charge in [0.15, 0.2) is 0 Å². The van der Waals surface area contributed by atoms with Crippen LogP contribution in [0.3, 0.4) is 0 Å². The van der Waals surface area contributed by atoms with Crippen LogP contribution in [0, 0.1) is 17.7 Å². The van der Waals surface area contributed by atoms with E-state index in [9.17, 15) is 9.18 Å². The minimum atomic E-state index is -1.23. The number of halogens is 1. The fourth-order valence-corrected chi connectivity index (χ4v) is 2.63. The first-order valence-corrected chi connectivity index (χ1v) is 6.29. The molecule has 0 aliphatic heterocycles. The summed E-state index contributed by atoms with van der Waals surface area (Å²) in [7, 11) is 0. The van der Waals surface area contributed by atoms with Crippen LogP contribution in [0.1, 0.15) is 37.0 Å². The third-order valence-electron chi connectivity index (χ3n) is 4.03. The van der Waals surface area contributed by atoms with Crippen LogP contribution in [0.5, 0.6) is 0 Å². The van der Waals surface area contributed by atoms with Crippen LogP contribution in [0.15, 0.2) is 18.2 Å². The lowest BCUT2D eigenvalue weighted by molar-refractivity contribution is 0.0693. The van der Waals surface area contributed by atoms with E-state index >= 15 is 0 Å². The van der Waals surface area contributed by atoms with Gasteiger partial charge in [-0.05, 0) is 36.8 Å². The van der Waals surface area contributed by atoms with Gasteiger partial charge in [0.2, 0.25) is 0 Å². The van der Waals surface area contributed by atoms with Crippen LogP contribution >= 0.6 is 0 Å². The van der Waals surface area contributed by atoms with E-state index in [2.05, 4.69) is 19.2 Å². The van der Waals surface area contributed by atoms with Gasteiger partial charge in [0.25, 0.3) is 0 Å². The molecule has 1 aliphatic carbocycles. The van der Waals surface area contributed by atoms with Gasteiger partial charge in [-0.1, -0.05) is 19.9 Å². The first kappa shape index (κ1) is 12.9. The summed E-state index contributed by atoms with van der Waals surface area (Å²) < 4.78 is 13.5. The zero-order chi connectivity index (χ0) is 13.3. The average molecular weight is 251 g/mol. The molecule has 0 heterocycles. The van der Waals surface area contributed by atoms with Crippen molar-refractivity contribution in [1.82, 2.24) is 0 Å². The van der Waals surface area contributed by atoms with Crippen molar-refractivity contribution in [3.63, 3.8) is 0 Å². The van der Waals surface area contributed by atoms with Gasteiger partial charge in [-0.25, -0.2) is 9.18 Å². The van der Waals surface area contributed by atoms with Gasteiger partial charge in [0, 0.05) is 6.04 Å². The second-order valence-corrected chi connectivity index (χ2v) is 5.13. The van der Waals surface area contributed by atoms with Gasteiger partial charge in [-0.3, -0.25) is 0 Å². The molecule has 2 N–H and O–H groups in total. The lowest BCUT2D eigenvalue weighted by Crippen LogP contribution is -2.25. The van der Waals surface area contributed by atoms with Gasteiger partial charge < -0.3 is 10.4 Å². The molecule has 0 aromatic heterocycles. The third kappa shape index (κ3) is 2.33. The molecular formula is C14H18FNO2. The summed E-state index contributed by atoms with van der Waals surface area (Å²) >= 11 is 0. The molecular weight excluding hydrogens is 233 g/mol. The zero-order valence-corrected chi connectivity index (χ0v) is 10.6. The van der Waals surface area contributed by atoms with Crippen LogP contribution in [0.2, 0.25) is 0 Å². The second-order valence-electron chi connectivity index (χ2n) is 5.13. The Bertz CT molecular complexity index is 461. The van der Waals surface area contributed by atoms with E-state index in [1.807, 2.05) is 0 Å². The van der Waals surface area contributed by atoms with Crippen molar-refractivity contribution in [2.45, 2.75) is 32.7 Å². The van der Waals surface area contributed by atoms with Crippen LogP contribution < -0.4 is 5.32 Å². The number of hydrogen-bond donors (Lipinski definition) is 2. The predicted molar refractivity (Wildman–Crippen MR) is 68.3 cm³/mol. The molecule has 1 aromatic rings. The molecule has 1 aliphatic rings. The number of aromatic carboxylic acids is 1. The molecule has 3 nitrogen and oxygen atoms in total. The Morgan fingerprint density at radius 3 is 2.67 bits per heavy atom. The highest BCUT2D eigenvalue weighted by molar-refractivity contribution is 5.94. The van der Waals surface area contributed by atoms with Gasteiger partial charge in [-0.15, -0.1) is 0 Å². The van der Waals surface area contributed by atoms with Crippen molar-refractivity contribution in [3.05, 3.63) is 29.6 Å². The van der Waals surface area contributed by atoms with Crippen molar-refractivity contribution >= 4 is 11.7 Å². The number of carbonyl (C=O) groups is 1. The molecule has 18 heavy (non-hydrogen) atoms. The predicted octanol–water partition coefficient (Wildman–Crippen LogP) is 3.37. The molecule has 1 aromatic carbocycles. The highest BCUT2D eigenvalue weighted by Crippen LogP contribution is 2.34. The van der Waals surface area contributed by atoms with Crippen LogP contribution in [0.4, 0.5) is 10.1 Å². The molecule has 0 bridgehead atoms. The Kier molecular flexibility index (Phi) is 3.55. The number of nitrogens with one attached hydrogen (secondary N) is 1. The standard InChI is InChI=1S/C14H18FNO2/c1-8-6-7-11(9(8)2)16-12-5-3-4-10(15)13(12)14(17)18/h3-5,8-9,11,16H,6-7H2,1-2H3,(H,17,18). The molecule has 0 amide bonds. The van der Waals surface area contributed by atoms with Gasteiger partial charge >= 0.3 is 5.97 Å². The fraction of sp³-hybridized carbons (Fsp3) is 0.500. The molecule has 3 unspecified atom stereocenters. The Balaban J connectivity index is 2.24. The maximum Gasteiger partial charge on any atom is 0.340 e. The zero-order valence-electron chi connectivity index (χ0n) is 10.6. The van der Waals surface area contributed by atoms with E-state index in [1.165, 1.54) is 12.1 Å². The smallest absolute Gasteiger partial charge is 0.340 e. The lowest BCUT2D eigenvalue weighted by atomic mass is 9.97. The van der Waals surface area contributed by atoms with Gasteiger partial charge in [0.05, 0.1) is 5.69 Å². The summed E-state index contributed by atoms with van der Waals surface area (Å²) in [5.41, 5.74) is 0.123. The first-order chi connectivity index (χ1) is 8.50. The molecule has 2 rings (SSSR count). The highest BCUT2D eigenvalue weighted by Gasteiger charge is 2.30. The number of benzene rings is 1. The van der Waals surface area contributed by atoms with Crippen molar-refractivity contribution in [2.24, 2.45) is 11.8 Å². The van der Waals surface area contributed by atoms with Gasteiger partial charge in [0.1, 0.15) is 11.4 Å². The fourth-order valence-electron chi connectivity index (χ4n) is 2.63. The summed E-state index contributed by atoms with van der Waals surface area (Å²) in [4.78, 5) is 11.1. The number of carboxylic acid groups (broad SMARTS) is 1. The molecule has 0 saturated heterocycles. The number of anilines is 1. The second kappa shape index (κ2) is 4.96. The summed E-state index contributed by atoms with van der Waals surface area (Å²) in [5.74, 6) is -0.834. The van der Waals surface area contributed by atoms with E-state index in [0.717, 1.165) is 12.8 Å². The molecule has 1 fully saturated rings. The summed E-state index contributed by atoms with van der Waals surface area (Å²) in [6, 6.07) is 4.56. The number of carboxylic acids is 1. The molecule has 98 valence electrons. The molecule has 0 radical (unpaired) electrons. The quantitative estimate of drug-likeness (QED) is 0.866. The first-order valence-electron chi connectivity index (χ1n) is 6.29. The minimum Gasteiger partial charge on any atom is -0.478 e. The van der Waals surface area contributed by atoms with Crippen LogP contribution in [-0.2, 0) is 0 Å². The van der Waals surface area contributed by atoms with E-state index in [-0.39, 0.29) is 11.6 Å². The summed E-state index contributed by atoms with van der Waals surface area (Å²) in [5, 5.41) is 12.2. The van der Waals surface area contributed by atoms with Crippen LogP contribution in [-0.4, -0.2) is 17.1 Å². The van der Waals surface area contributed by atoms with Crippen molar-refractivity contribution in [1.29, 1.82) is 0 Å². The van der Waals surface area contributed by atoms with E-state index in [4.69, 9.17) is 5.11 Å². The molecule has 1 saturated carbocycles. The van der Waals surface area contributed by atoms with Crippen molar-refractivity contribution in [2.75, 3.05) is 5.32 Å². The minimum absolute atomic E-state index is 0.222. The van der Waals surface area contributed by atoms with E-state index in [0.29, 0.717) is 17.5 Å². The largest absolute Gasteiger partial charge is 0.478 e. The molecule has 3 atom stereocenters. The topological polar surface area (TPSA) is 49.3 Å². The maximum absolute atomic E-state index is 13.5. The molecule has 0 spiro atoms. The Hall–Kier alpha value is -1.58. The Labute approximate surface area is 106 Å². The highest BCUT2D eigenvalue weighted by atomic mass is 19.1. The van der Waals surface area contributed by atoms with Crippen molar-refractivity contribution < 1.29 is 14.3 Å². The SMILES string of the molecule is CC1CCC(Nc2cccc(F)c2C(=O)O)C1C. The third-order valence-corrected chi connectivity index (χ3v) is 4.03. The summed E-state index contributed by atoms with van der Waals surface area (Å²) in [6.45, 7) is 4.34. The summed E-state index contributed by atoms with van der Waals surface area (Å²) in [6.07, 6.45) is 2.12. The van der Waals surface area contributed by atoms with Crippen LogP contribution in [0.25, 0.3) is 0 Å². The normalized spacial score (nSPS) is 27.2. The Morgan fingerprint density at radius 2 is 2.11 bits per heavy atom. The average Bonchev–Trinajstić information content (AvgIpc) is 2.60. The monoisotopic (exact) mass is 251 g/mol. The maximum atomic E-state index is 13.5. The Morgan fingerprint density at radius 1 is 1.39 bits per heavy atom. The van der Waals surface area contributed by atoms with E-state index < -0.39 is 11.8 Å². The van der Waals surface area contributed by atoms with Gasteiger partial charge in [-0.2, -0.15) is 0 Å². The lowest BCUT2D eigenvalue weighted by Gasteiger charge is -2.22. The van der Waals surface area contributed by atoms with E-state index in [1.54, 1.807) is 6.07 Å².